The van der Waals surface area contributed by atoms with Gasteiger partial charge in [-0.2, -0.15) is 0 Å². The predicted molar refractivity (Wildman–Crippen MR) is 75.4 cm³/mol. The second-order valence-electron chi connectivity index (χ2n) is 4.53. The average molecular weight is 273 g/mol. The lowest BCUT2D eigenvalue weighted by molar-refractivity contribution is -0.144. The van der Waals surface area contributed by atoms with Crippen LogP contribution in [0.4, 0.5) is 10.1 Å². The van der Waals surface area contributed by atoms with E-state index < -0.39 is 0 Å². The highest BCUT2D eigenvalue weighted by Crippen LogP contribution is 2.09. The smallest absolute Gasteiger partial charge is 0.306 e. The number of hydrogen-bond acceptors (Lipinski definition) is 3. The maximum atomic E-state index is 12.9. The van der Waals surface area contributed by atoms with Crippen LogP contribution in [0, 0.1) is 5.82 Å². The van der Waals surface area contributed by atoms with E-state index >= 15 is 0 Å². The lowest BCUT2D eigenvalue weighted by Gasteiger charge is -2.05. The fraction of sp³-hybridized carbons (Fsp3) is 0.188. The van der Waals surface area contributed by atoms with E-state index in [2.05, 4.69) is 0 Å². The zero-order valence-corrected chi connectivity index (χ0v) is 11.0. The molecule has 0 spiro atoms. The van der Waals surface area contributed by atoms with Gasteiger partial charge in [0.1, 0.15) is 12.4 Å². The molecule has 0 amide bonds. The molecule has 3 nitrogen and oxygen atoms in total. The van der Waals surface area contributed by atoms with Crippen molar-refractivity contribution in [1.29, 1.82) is 0 Å². The first-order valence-corrected chi connectivity index (χ1v) is 6.38. The Morgan fingerprint density at radius 1 is 1.10 bits per heavy atom. The van der Waals surface area contributed by atoms with E-state index in [4.69, 9.17) is 10.5 Å². The van der Waals surface area contributed by atoms with Crippen LogP contribution in [-0.4, -0.2) is 5.97 Å². The standard InChI is InChI=1S/C16H16FNO2/c17-14-3-1-2-13(10-14)11-20-16(19)9-6-12-4-7-15(18)8-5-12/h1-5,7-8,10H,6,9,11,18H2. The lowest BCUT2D eigenvalue weighted by atomic mass is 10.1. The Morgan fingerprint density at radius 2 is 1.85 bits per heavy atom. The summed E-state index contributed by atoms with van der Waals surface area (Å²) in [6, 6.07) is 13.4. The molecule has 2 aromatic carbocycles. The number of carbonyl (C=O) groups is 1. The monoisotopic (exact) mass is 273 g/mol. The van der Waals surface area contributed by atoms with Gasteiger partial charge in [-0.3, -0.25) is 4.79 Å². The van der Waals surface area contributed by atoms with E-state index in [1.807, 2.05) is 12.1 Å². The average Bonchev–Trinajstić information content (AvgIpc) is 2.45. The van der Waals surface area contributed by atoms with Crippen molar-refractivity contribution in [2.24, 2.45) is 0 Å². The summed E-state index contributed by atoms with van der Waals surface area (Å²) in [4.78, 5) is 11.6. The van der Waals surface area contributed by atoms with Crippen molar-refractivity contribution in [3.05, 3.63) is 65.5 Å². The Labute approximate surface area is 117 Å². The molecule has 2 N–H and O–H groups in total. The van der Waals surface area contributed by atoms with Crippen molar-refractivity contribution in [2.45, 2.75) is 19.4 Å². The van der Waals surface area contributed by atoms with Gasteiger partial charge >= 0.3 is 5.97 Å². The van der Waals surface area contributed by atoms with E-state index in [1.54, 1.807) is 24.3 Å². The summed E-state index contributed by atoms with van der Waals surface area (Å²) in [5, 5.41) is 0. The van der Waals surface area contributed by atoms with Crippen LogP contribution in [0.1, 0.15) is 17.5 Å². The second-order valence-corrected chi connectivity index (χ2v) is 4.53. The van der Waals surface area contributed by atoms with Gasteiger partial charge in [-0.1, -0.05) is 24.3 Å². The van der Waals surface area contributed by atoms with Crippen LogP contribution in [0.2, 0.25) is 0 Å². The summed E-state index contributed by atoms with van der Waals surface area (Å²) in [7, 11) is 0. The summed E-state index contributed by atoms with van der Waals surface area (Å²) in [6.45, 7) is 0.0956. The van der Waals surface area contributed by atoms with Gasteiger partial charge in [-0.25, -0.2) is 4.39 Å². The van der Waals surface area contributed by atoms with Crippen molar-refractivity contribution in [2.75, 3.05) is 5.73 Å². The first kappa shape index (κ1) is 14.1. The van der Waals surface area contributed by atoms with Crippen molar-refractivity contribution in [3.63, 3.8) is 0 Å². The summed E-state index contributed by atoms with van der Waals surface area (Å²) >= 11 is 0. The minimum Gasteiger partial charge on any atom is -0.461 e. The fourth-order valence-electron chi connectivity index (χ4n) is 1.79. The quantitative estimate of drug-likeness (QED) is 0.672. The third-order valence-corrected chi connectivity index (χ3v) is 2.89. The Kier molecular flexibility index (Phi) is 4.71. The Hall–Kier alpha value is -2.36. The molecule has 2 rings (SSSR count). The molecule has 0 unspecified atom stereocenters. The zero-order chi connectivity index (χ0) is 14.4. The molecule has 20 heavy (non-hydrogen) atoms. The highest BCUT2D eigenvalue weighted by atomic mass is 19.1. The lowest BCUT2D eigenvalue weighted by Crippen LogP contribution is -2.06. The molecule has 0 saturated heterocycles. The van der Waals surface area contributed by atoms with Crippen LogP contribution < -0.4 is 5.73 Å². The van der Waals surface area contributed by atoms with Gasteiger partial charge in [-0.05, 0) is 41.8 Å². The number of aryl methyl sites for hydroxylation is 1. The SMILES string of the molecule is Nc1ccc(CCC(=O)OCc2cccc(F)c2)cc1. The molecule has 2 aromatic rings. The highest BCUT2D eigenvalue weighted by Gasteiger charge is 2.05. The molecule has 0 bridgehead atoms. The van der Waals surface area contributed by atoms with E-state index in [-0.39, 0.29) is 18.4 Å². The van der Waals surface area contributed by atoms with Gasteiger partial charge in [0.25, 0.3) is 0 Å². The number of carbonyl (C=O) groups excluding carboxylic acids is 1. The molecular formula is C16H16FNO2. The van der Waals surface area contributed by atoms with Crippen LogP contribution in [-0.2, 0) is 22.6 Å². The van der Waals surface area contributed by atoms with Crippen molar-refractivity contribution in [3.8, 4) is 0 Å². The second kappa shape index (κ2) is 6.70. The maximum absolute atomic E-state index is 12.9. The Bertz CT molecular complexity index is 581. The molecule has 0 saturated carbocycles. The molecule has 0 atom stereocenters. The predicted octanol–water partition coefficient (Wildman–Crippen LogP) is 3.08. The van der Waals surface area contributed by atoms with Crippen LogP contribution in [0.25, 0.3) is 0 Å². The van der Waals surface area contributed by atoms with E-state index in [1.165, 1.54) is 12.1 Å². The van der Waals surface area contributed by atoms with Gasteiger partial charge in [0.2, 0.25) is 0 Å². The number of benzene rings is 2. The summed E-state index contributed by atoms with van der Waals surface area (Å²) < 4.78 is 18.0. The van der Waals surface area contributed by atoms with Crippen LogP contribution >= 0.6 is 0 Å². The van der Waals surface area contributed by atoms with E-state index in [9.17, 15) is 9.18 Å². The largest absolute Gasteiger partial charge is 0.461 e. The first-order valence-electron chi connectivity index (χ1n) is 6.38. The molecule has 0 aliphatic heterocycles. The normalized spacial score (nSPS) is 10.2. The van der Waals surface area contributed by atoms with Crippen LogP contribution in [0.3, 0.4) is 0 Å². The van der Waals surface area contributed by atoms with E-state index in [0.29, 0.717) is 24.1 Å². The number of hydrogen-bond donors (Lipinski definition) is 1. The number of nitrogen functional groups attached to an aromatic ring is 1. The van der Waals surface area contributed by atoms with Crippen molar-refractivity contribution < 1.29 is 13.9 Å². The van der Waals surface area contributed by atoms with Gasteiger partial charge in [0.05, 0.1) is 0 Å². The van der Waals surface area contributed by atoms with Crippen LogP contribution in [0.5, 0.6) is 0 Å². The molecule has 0 aromatic heterocycles. The minimum absolute atomic E-state index is 0.0956. The third-order valence-electron chi connectivity index (χ3n) is 2.89. The van der Waals surface area contributed by atoms with Gasteiger partial charge in [-0.15, -0.1) is 0 Å². The minimum atomic E-state index is -0.333. The number of nitrogens with two attached hydrogens (primary N) is 1. The molecule has 4 heteroatoms. The molecular weight excluding hydrogens is 257 g/mol. The van der Waals surface area contributed by atoms with Crippen LogP contribution in [0.15, 0.2) is 48.5 Å². The number of halogens is 1. The van der Waals surface area contributed by atoms with Gasteiger partial charge in [0, 0.05) is 12.1 Å². The Morgan fingerprint density at radius 3 is 2.55 bits per heavy atom. The fourth-order valence-corrected chi connectivity index (χ4v) is 1.79. The molecule has 0 aliphatic rings. The number of ether oxygens (including phenoxy) is 1. The summed E-state index contributed by atoms with van der Waals surface area (Å²) in [5.74, 6) is -0.633. The summed E-state index contributed by atoms with van der Waals surface area (Å²) in [5.41, 5.74) is 7.96. The molecule has 0 radical (unpaired) electrons. The maximum Gasteiger partial charge on any atom is 0.306 e. The number of rotatable bonds is 5. The first-order chi connectivity index (χ1) is 9.63. The molecule has 104 valence electrons. The highest BCUT2D eigenvalue weighted by molar-refractivity contribution is 5.69. The Balaban J connectivity index is 1.77. The number of anilines is 1. The summed E-state index contributed by atoms with van der Waals surface area (Å²) in [6.07, 6.45) is 0.890. The van der Waals surface area contributed by atoms with E-state index in [0.717, 1.165) is 5.56 Å². The zero-order valence-electron chi connectivity index (χ0n) is 11.0. The molecule has 0 fully saturated rings. The van der Waals surface area contributed by atoms with Gasteiger partial charge < -0.3 is 10.5 Å². The van der Waals surface area contributed by atoms with Crippen molar-refractivity contribution in [1.82, 2.24) is 0 Å². The number of esters is 1. The van der Waals surface area contributed by atoms with Gasteiger partial charge in [0.15, 0.2) is 0 Å². The molecule has 0 aliphatic carbocycles. The molecule has 0 heterocycles. The van der Waals surface area contributed by atoms with Crippen molar-refractivity contribution >= 4 is 11.7 Å². The topological polar surface area (TPSA) is 52.3 Å². The third kappa shape index (κ3) is 4.39.